The average molecular weight is 428 g/mol. The third kappa shape index (κ3) is 4.83. The molecule has 1 aliphatic carbocycles. The van der Waals surface area contributed by atoms with Crippen molar-refractivity contribution in [1.29, 1.82) is 0 Å². The molecule has 30 heavy (non-hydrogen) atoms. The van der Waals surface area contributed by atoms with E-state index in [-0.39, 0.29) is 23.5 Å². The standard InChI is InChI=1S/C23H29N3O3S/c1-17-7-9-19(10-8-17)22-15-21(25-26(22)20-12-14-30(28,29)16-20)23(27)24-13-11-18-5-3-2-4-6-18/h5,7-10,15,20H,2-4,6,11-14,16H2,1H3,(H,24,27)/t20-/m0/s1. The van der Waals surface area contributed by atoms with Crippen molar-refractivity contribution in [3.05, 3.63) is 53.2 Å². The third-order valence-electron chi connectivity index (χ3n) is 5.99. The molecular formula is C23H29N3O3S. The van der Waals surface area contributed by atoms with Gasteiger partial charge in [0, 0.05) is 6.54 Å². The van der Waals surface area contributed by atoms with Crippen molar-refractivity contribution in [2.24, 2.45) is 0 Å². The van der Waals surface area contributed by atoms with Crippen molar-refractivity contribution in [3.63, 3.8) is 0 Å². The van der Waals surface area contributed by atoms with E-state index in [0.717, 1.165) is 36.1 Å². The molecule has 160 valence electrons. The van der Waals surface area contributed by atoms with Crippen LogP contribution in [0.1, 0.15) is 60.6 Å². The van der Waals surface area contributed by atoms with Crippen LogP contribution in [-0.4, -0.2) is 42.2 Å². The Labute approximate surface area is 178 Å². The number of hydrogen-bond donors (Lipinski definition) is 1. The number of rotatable bonds is 6. The van der Waals surface area contributed by atoms with Crippen LogP contribution in [0.15, 0.2) is 42.0 Å². The van der Waals surface area contributed by atoms with E-state index in [1.54, 1.807) is 10.7 Å². The molecule has 0 saturated carbocycles. The largest absolute Gasteiger partial charge is 0.350 e. The first-order valence-electron chi connectivity index (χ1n) is 10.7. The van der Waals surface area contributed by atoms with Crippen molar-refractivity contribution < 1.29 is 13.2 Å². The smallest absolute Gasteiger partial charge is 0.271 e. The van der Waals surface area contributed by atoms with Crippen LogP contribution in [0.4, 0.5) is 0 Å². The highest BCUT2D eigenvalue weighted by molar-refractivity contribution is 7.91. The fourth-order valence-corrected chi connectivity index (χ4v) is 5.94. The van der Waals surface area contributed by atoms with Gasteiger partial charge < -0.3 is 5.32 Å². The second-order valence-corrected chi connectivity index (χ2v) is 10.6. The molecule has 2 aromatic rings. The SMILES string of the molecule is Cc1ccc(-c2cc(C(=O)NCCC3=CCCCC3)nn2[C@H]2CCS(=O)(=O)C2)cc1. The summed E-state index contributed by atoms with van der Waals surface area (Å²) in [6.45, 7) is 2.61. The first kappa shape index (κ1) is 20.8. The first-order valence-corrected chi connectivity index (χ1v) is 12.6. The predicted molar refractivity (Wildman–Crippen MR) is 118 cm³/mol. The summed E-state index contributed by atoms with van der Waals surface area (Å²) >= 11 is 0. The van der Waals surface area contributed by atoms with Crippen LogP contribution >= 0.6 is 0 Å². The zero-order chi connectivity index (χ0) is 21.1. The normalized spacial score (nSPS) is 20.7. The van der Waals surface area contributed by atoms with Gasteiger partial charge in [0.1, 0.15) is 0 Å². The molecular weight excluding hydrogens is 398 g/mol. The van der Waals surface area contributed by atoms with Crippen LogP contribution in [0.2, 0.25) is 0 Å². The molecule has 0 bridgehead atoms. The third-order valence-corrected chi connectivity index (χ3v) is 7.74. The number of carbonyl (C=O) groups excluding carboxylic acids is 1. The van der Waals surface area contributed by atoms with Gasteiger partial charge in [0.05, 0.1) is 23.2 Å². The maximum Gasteiger partial charge on any atom is 0.271 e. The van der Waals surface area contributed by atoms with Crippen LogP contribution in [0, 0.1) is 6.92 Å². The van der Waals surface area contributed by atoms with Crippen molar-refractivity contribution in [2.75, 3.05) is 18.1 Å². The maximum atomic E-state index is 12.8. The number of aromatic nitrogens is 2. The summed E-state index contributed by atoms with van der Waals surface area (Å²) in [5.74, 6) is 0.0314. The van der Waals surface area contributed by atoms with E-state index in [9.17, 15) is 13.2 Å². The van der Waals surface area contributed by atoms with E-state index in [1.165, 1.54) is 18.4 Å². The van der Waals surface area contributed by atoms with Crippen LogP contribution < -0.4 is 5.32 Å². The summed E-state index contributed by atoms with van der Waals surface area (Å²) in [6.07, 6.45) is 8.44. The lowest BCUT2D eigenvalue weighted by Gasteiger charge is -2.13. The molecule has 1 aromatic heterocycles. The van der Waals surface area contributed by atoms with Crippen molar-refractivity contribution >= 4 is 15.7 Å². The molecule has 1 aromatic carbocycles. The lowest BCUT2D eigenvalue weighted by Crippen LogP contribution is -2.25. The molecule has 2 aliphatic rings. The van der Waals surface area contributed by atoms with Crippen LogP contribution in [-0.2, 0) is 9.84 Å². The van der Waals surface area contributed by atoms with Crippen LogP contribution in [0.3, 0.4) is 0 Å². The highest BCUT2D eigenvalue weighted by Crippen LogP contribution is 2.30. The van der Waals surface area contributed by atoms with Gasteiger partial charge in [0.15, 0.2) is 15.5 Å². The number of aryl methyl sites for hydroxylation is 1. The van der Waals surface area contributed by atoms with Gasteiger partial charge in [-0.05, 0) is 57.1 Å². The lowest BCUT2D eigenvalue weighted by atomic mass is 9.97. The molecule has 1 N–H and O–H groups in total. The van der Waals surface area contributed by atoms with Crippen molar-refractivity contribution in [3.8, 4) is 11.3 Å². The number of amides is 1. The number of nitrogens with one attached hydrogen (secondary N) is 1. The molecule has 1 amide bonds. The van der Waals surface area contributed by atoms with Gasteiger partial charge in [-0.2, -0.15) is 5.10 Å². The van der Waals surface area contributed by atoms with Crippen molar-refractivity contribution in [1.82, 2.24) is 15.1 Å². The van der Waals surface area contributed by atoms with Gasteiger partial charge in [-0.1, -0.05) is 41.5 Å². The molecule has 0 spiro atoms. The molecule has 0 unspecified atom stereocenters. The van der Waals surface area contributed by atoms with E-state index >= 15 is 0 Å². The Balaban J connectivity index is 1.54. The minimum atomic E-state index is -3.05. The summed E-state index contributed by atoms with van der Waals surface area (Å²) in [4.78, 5) is 12.8. The van der Waals surface area contributed by atoms with Crippen LogP contribution in [0.25, 0.3) is 11.3 Å². The Kier molecular flexibility index (Phi) is 6.09. The van der Waals surface area contributed by atoms with Crippen LogP contribution in [0.5, 0.6) is 0 Å². The maximum absolute atomic E-state index is 12.8. The predicted octanol–water partition coefficient (Wildman–Crippen LogP) is 3.84. The number of carbonyl (C=O) groups is 1. The minimum Gasteiger partial charge on any atom is -0.350 e. The average Bonchev–Trinajstić information content (AvgIpc) is 3.33. The van der Waals surface area contributed by atoms with Gasteiger partial charge in [0.2, 0.25) is 0 Å². The first-order chi connectivity index (χ1) is 14.4. The Hall–Kier alpha value is -2.41. The summed E-state index contributed by atoms with van der Waals surface area (Å²) in [7, 11) is -3.05. The zero-order valence-electron chi connectivity index (χ0n) is 17.4. The quantitative estimate of drug-likeness (QED) is 0.710. The fraction of sp³-hybridized carbons (Fsp3) is 0.478. The van der Waals surface area contributed by atoms with Gasteiger partial charge in [0.25, 0.3) is 5.91 Å². The summed E-state index contributed by atoms with van der Waals surface area (Å²) in [5.41, 5.74) is 4.63. The van der Waals surface area contributed by atoms with E-state index in [2.05, 4.69) is 16.5 Å². The summed E-state index contributed by atoms with van der Waals surface area (Å²) in [5, 5.41) is 7.53. The Morgan fingerprint density at radius 1 is 1.23 bits per heavy atom. The van der Waals surface area contributed by atoms with Gasteiger partial charge in [-0.3, -0.25) is 9.48 Å². The summed E-state index contributed by atoms with van der Waals surface area (Å²) in [6, 6.07) is 9.55. The van der Waals surface area contributed by atoms with Gasteiger partial charge >= 0.3 is 0 Å². The van der Waals surface area contributed by atoms with E-state index < -0.39 is 9.84 Å². The molecule has 0 radical (unpaired) electrons. The fourth-order valence-electron chi connectivity index (χ4n) is 4.25. The van der Waals surface area contributed by atoms with E-state index in [1.807, 2.05) is 31.2 Å². The van der Waals surface area contributed by atoms with E-state index in [0.29, 0.717) is 18.7 Å². The lowest BCUT2D eigenvalue weighted by molar-refractivity contribution is 0.0948. The number of sulfone groups is 1. The van der Waals surface area contributed by atoms with E-state index in [4.69, 9.17) is 0 Å². The Morgan fingerprint density at radius 2 is 2.03 bits per heavy atom. The molecule has 7 heteroatoms. The second kappa shape index (κ2) is 8.76. The molecule has 1 aliphatic heterocycles. The van der Waals surface area contributed by atoms with Gasteiger partial charge in [-0.25, -0.2) is 8.42 Å². The molecule has 4 rings (SSSR count). The van der Waals surface area contributed by atoms with Crippen molar-refractivity contribution in [2.45, 2.75) is 51.5 Å². The number of allylic oxidation sites excluding steroid dienone is 1. The molecule has 6 nitrogen and oxygen atoms in total. The highest BCUT2D eigenvalue weighted by Gasteiger charge is 2.32. The monoisotopic (exact) mass is 427 g/mol. The molecule has 2 heterocycles. The number of nitrogens with zero attached hydrogens (tertiary/aromatic N) is 2. The minimum absolute atomic E-state index is 0.0722. The number of hydrogen-bond acceptors (Lipinski definition) is 4. The second-order valence-electron chi connectivity index (χ2n) is 8.40. The Morgan fingerprint density at radius 3 is 2.70 bits per heavy atom. The molecule has 1 atom stereocenters. The van der Waals surface area contributed by atoms with Gasteiger partial charge in [-0.15, -0.1) is 0 Å². The zero-order valence-corrected chi connectivity index (χ0v) is 18.2. The molecule has 1 fully saturated rings. The summed E-state index contributed by atoms with van der Waals surface area (Å²) < 4.78 is 25.8. The molecule has 1 saturated heterocycles. The number of benzene rings is 1. The Bertz CT molecular complexity index is 1050. The highest BCUT2D eigenvalue weighted by atomic mass is 32.2. The topological polar surface area (TPSA) is 81.1 Å².